The zero-order chi connectivity index (χ0) is 23.7. The number of primary amides is 1. The lowest BCUT2D eigenvalue weighted by Crippen LogP contribution is -2.17. The highest BCUT2D eigenvalue weighted by Crippen LogP contribution is 2.29. The largest absolute Gasteiger partial charge is 0.369 e. The highest BCUT2D eigenvalue weighted by Gasteiger charge is 2.20. The number of nitriles is 1. The van der Waals surface area contributed by atoms with E-state index in [4.69, 9.17) is 11.0 Å². The normalized spacial score (nSPS) is 11.8. The van der Waals surface area contributed by atoms with Crippen LogP contribution in [0.25, 0.3) is 10.9 Å². The maximum Gasteiger partial charge on any atom is 0.267 e. The lowest BCUT2D eigenvalue weighted by atomic mass is 10.1. The summed E-state index contributed by atoms with van der Waals surface area (Å²) in [5.41, 5.74) is 9.02. The van der Waals surface area contributed by atoms with Crippen molar-refractivity contribution in [3.63, 3.8) is 0 Å². The monoisotopic (exact) mass is 444 g/mol. The molecule has 4 aromatic rings. The minimum atomic E-state index is -1.28. The number of fused-ring (bicyclic) bond motifs is 1. The van der Waals surface area contributed by atoms with Gasteiger partial charge in [-0.3, -0.25) is 9.48 Å². The Morgan fingerprint density at radius 2 is 2.00 bits per heavy atom. The van der Waals surface area contributed by atoms with Crippen LogP contribution >= 0.6 is 0 Å². The van der Waals surface area contributed by atoms with E-state index >= 15 is 0 Å². The molecule has 0 aliphatic rings. The van der Waals surface area contributed by atoms with Crippen LogP contribution < -0.4 is 11.1 Å². The standard InChI is InChI=1S/C24H21FN6O2/c1-13-21(14(2)31(30-13)12-16-8-6-15(11-26)7-9-16)29-24(33)18-10-20(23(27)32)28-22-17(18)4-3-5-19(22)25/h3-10,24,29,33H,12H2,1-2H3,(H2,27,32). The Labute approximate surface area is 189 Å². The molecule has 9 heteroatoms. The maximum atomic E-state index is 14.3. The van der Waals surface area contributed by atoms with Crippen molar-refractivity contribution in [2.45, 2.75) is 26.6 Å². The molecule has 0 saturated heterocycles. The number of nitrogens with one attached hydrogen (secondary N) is 1. The van der Waals surface area contributed by atoms with Crippen molar-refractivity contribution in [1.29, 1.82) is 5.26 Å². The number of para-hydroxylation sites is 1. The number of rotatable bonds is 6. The topological polar surface area (TPSA) is 130 Å². The van der Waals surface area contributed by atoms with E-state index in [9.17, 15) is 14.3 Å². The first-order valence-corrected chi connectivity index (χ1v) is 10.1. The van der Waals surface area contributed by atoms with Crippen LogP contribution in [0, 0.1) is 31.0 Å². The zero-order valence-electron chi connectivity index (χ0n) is 18.0. The molecule has 8 nitrogen and oxygen atoms in total. The number of pyridine rings is 1. The van der Waals surface area contributed by atoms with E-state index in [1.807, 2.05) is 19.1 Å². The summed E-state index contributed by atoms with van der Waals surface area (Å²) in [7, 11) is 0. The van der Waals surface area contributed by atoms with Crippen molar-refractivity contribution in [2.24, 2.45) is 5.73 Å². The van der Waals surface area contributed by atoms with Gasteiger partial charge in [-0.05, 0) is 43.7 Å². The van der Waals surface area contributed by atoms with E-state index in [0.717, 1.165) is 11.3 Å². The molecule has 166 valence electrons. The van der Waals surface area contributed by atoms with Gasteiger partial charge in [0.25, 0.3) is 5.91 Å². The minimum absolute atomic E-state index is 0.0467. The summed E-state index contributed by atoms with van der Waals surface area (Å²) < 4.78 is 16.1. The van der Waals surface area contributed by atoms with Crippen molar-refractivity contribution < 1.29 is 14.3 Å². The molecule has 0 fully saturated rings. The van der Waals surface area contributed by atoms with Gasteiger partial charge in [0.2, 0.25) is 0 Å². The van der Waals surface area contributed by atoms with E-state index in [1.165, 1.54) is 18.2 Å². The molecule has 1 unspecified atom stereocenters. The van der Waals surface area contributed by atoms with Gasteiger partial charge < -0.3 is 16.2 Å². The third-order valence-corrected chi connectivity index (χ3v) is 5.45. The molecule has 1 amide bonds. The number of aryl methyl sites for hydroxylation is 1. The van der Waals surface area contributed by atoms with E-state index in [1.54, 1.807) is 29.8 Å². The Hall–Kier alpha value is -4.29. The molecular weight excluding hydrogens is 423 g/mol. The molecule has 1 atom stereocenters. The van der Waals surface area contributed by atoms with Gasteiger partial charge in [0.15, 0.2) is 6.23 Å². The van der Waals surface area contributed by atoms with Crippen molar-refractivity contribution in [3.8, 4) is 6.07 Å². The number of aromatic nitrogens is 3. The second-order valence-electron chi connectivity index (χ2n) is 7.66. The number of hydrogen-bond donors (Lipinski definition) is 3. The Morgan fingerprint density at radius 3 is 2.67 bits per heavy atom. The van der Waals surface area contributed by atoms with Gasteiger partial charge in [0, 0.05) is 10.9 Å². The van der Waals surface area contributed by atoms with Crippen LogP contribution in [-0.2, 0) is 6.54 Å². The summed E-state index contributed by atoms with van der Waals surface area (Å²) in [5.74, 6) is -1.44. The highest BCUT2D eigenvalue weighted by atomic mass is 19.1. The molecule has 0 spiro atoms. The van der Waals surface area contributed by atoms with E-state index in [-0.39, 0.29) is 16.8 Å². The van der Waals surface area contributed by atoms with Crippen molar-refractivity contribution in [2.75, 3.05) is 5.32 Å². The molecule has 0 bridgehead atoms. The summed E-state index contributed by atoms with van der Waals surface area (Å²) in [6, 6.07) is 15.0. The van der Waals surface area contributed by atoms with E-state index < -0.39 is 18.0 Å². The van der Waals surface area contributed by atoms with Crippen LogP contribution in [0.2, 0.25) is 0 Å². The zero-order valence-corrected chi connectivity index (χ0v) is 18.0. The van der Waals surface area contributed by atoms with Crippen LogP contribution in [0.15, 0.2) is 48.5 Å². The molecule has 33 heavy (non-hydrogen) atoms. The molecule has 0 aliphatic carbocycles. The average Bonchev–Trinajstić information content (AvgIpc) is 3.06. The smallest absolute Gasteiger partial charge is 0.267 e. The van der Waals surface area contributed by atoms with Crippen LogP contribution in [0.5, 0.6) is 0 Å². The first-order chi connectivity index (χ1) is 15.8. The molecule has 2 heterocycles. The number of anilines is 1. The number of hydrogen-bond acceptors (Lipinski definition) is 6. The number of carbonyl (C=O) groups excluding carboxylic acids is 1. The Morgan fingerprint density at radius 1 is 1.27 bits per heavy atom. The lowest BCUT2D eigenvalue weighted by Gasteiger charge is -2.18. The van der Waals surface area contributed by atoms with Crippen LogP contribution in [0.4, 0.5) is 10.1 Å². The number of nitrogens with zero attached hydrogens (tertiary/aromatic N) is 4. The lowest BCUT2D eigenvalue weighted by molar-refractivity contribution is 0.0995. The third kappa shape index (κ3) is 4.24. The predicted molar refractivity (Wildman–Crippen MR) is 121 cm³/mol. The maximum absolute atomic E-state index is 14.3. The fraction of sp³-hybridized carbons (Fsp3) is 0.167. The number of aliphatic hydroxyl groups excluding tert-OH is 1. The SMILES string of the molecule is Cc1nn(Cc2ccc(C#N)cc2)c(C)c1NC(O)c1cc(C(N)=O)nc2c(F)cccc12. The second-order valence-corrected chi connectivity index (χ2v) is 7.66. The van der Waals surface area contributed by atoms with Crippen molar-refractivity contribution in [1.82, 2.24) is 14.8 Å². The molecule has 0 radical (unpaired) electrons. The third-order valence-electron chi connectivity index (χ3n) is 5.45. The number of amides is 1. The van der Waals surface area contributed by atoms with Gasteiger partial charge >= 0.3 is 0 Å². The molecule has 0 aliphatic heterocycles. The Bertz CT molecular complexity index is 1410. The van der Waals surface area contributed by atoms with Gasteiger partial charge in [-0.2, -0.15) is 10.4 Å². The molecule has 4 rings (SSSR count). The fourth-order valence-corrected chi connectivity index (χ4v) is 3.72. The summed E-state index contributed by atoms with van der Waals surface area (Å²) >= 11 is 0. The number of nitrogens with two attached hydrogens (primary N) is 1. The molecule has 2 aromatic carbocycles. The summed E-state index contributed by atoms with van der Waals surface area (Å²) in [6.07, 6.45) is -1.28. The van der Waals surface area contributed by atoms with Crippen LogP contribution in [0.1, 0.15) is 44.8 Å². The van der Waals surface area contributed by atoms with Crippen molar-refractivity contribution >= 4 is 22.5 Å². The first kappa shape index (κ1) is 21.9. The van der Waals surface area contributed by atoms with Gasteiger partial charge in [-0.15, -0.1) is 0 Å². The van der Waals surface area contributed by atoms with Gasteiger partial charge in [-0.25, -0.2) is 9.37 Å². The molecule has 0 saturated carbocycles. The Kier molecular flexibility index (Phi) is 5.77. The highest BCUT2D eigenvalue weighted by molar-refractivity contribution is 5.95. The van der Waals surface area contributed by atoms with Crippen LogP contribution in [0.3, 0.4) is 0 Å². The molecule has 2 aromatic heterocycles. The quantitative estimate of drug-likeness (QED) is 0.391. The predicted octanol–water partition coefficient (Wildman–Crippen LogP) is 3.31. The van der Waals surface area contributed by atoms with Gasteiger partial charge in [-0.1, -0.05) is 24.3 Å². The minimum Gasteiger partial charge on any atom is -0.369 e. The fourth-order valence-electron chi connectivity index (χ4n) is 3.72. The summed E-state index contributed by atoms with van der Waals surface area (Å²) in [6.45, 7) is 4.14. The number of aliphatic hydroxyl groups is 1. The Balaban J connectivity index is 1.67. The summed E-state index contributed by atoms with van der Waals surface area (Å²) in [4.78, 5) is 15.7. The number of benzene rings is 2. The van der Waals surface area contributed by atoms with Gasteiger partial charge in [0.1, 0.15) is 17.0 Å². The average molecular weight is 444 g/mol. The molecule has 4 N–H and O–H groups in total. The van der Waals surface area contributed by atoms with Gasteiger partial charge in [0.05, 0.1) is 35.3 Å². The van der Waals surface area contributed by atoms with E-state index in [2.05, 4.69) is 21.5 Å². The number of halogens is 1. The molecular formula is C24H21FN6O2. The summed E-state index contributed by atoms with van der Waals surface area (Å²) in [5, 5.41) is 27.9. The number of carbonyl (C=O) groups is 1. The second kappa shape index (κ2) is 8.68. The van der Waals surface area contributed by atoms with Crippen LogP contribution in [-0.4, -0.2) is 25.8 Å². The first-order valence-electron chi connectivity index (χ1n) is 10.1. The van der Waals surface area contributed by atoms with Crippen molar-refractivity contribution in [3.05, 3.63) is 88.1 Å². The van der Waals surface area contributed by atoms with E-state index in [0.29, 0.717) is 28.9 Å².